The van der Waals surface area contributed by atoms with Crippen molar-refractivity contribution in [2.45, 2.75) is 52.1 Å². The average molecular weight is 296 g/mol. The lowest BCUT2D eigenvalue weighted by molar-refractivity contribution is 0.337. The quantitative estimate of drug-likeness (QED) is 0.910. The van der Waals surface area contributed by atoms with E-state index in [1.807, 2.05) is 0 Å². The summed E-state index contributed by atoms with van der Waals surface area (Å²) in [7, 11) is 2.20. The van der Waals surface area contributed by atoms with Gasteiger partial charge in [0.1, 0.15) is 0 Å². The predicted molar refractivity (Wildman–Crippen MR) is 87.6 cm³/mol. The van der Waals surface area contributed by atoms with Crippen LogP contribution in [0, 0.1) is 0 Å². The Balaban J connectivity index is 2.30. The van der Waals surface area contributed by atoms with Gasteiger partial charge in [-0.1, -0.05) is 20.8 Å². The number of rotatable bonds is 2. The maximum absolute atomic E-state index is 5.92. The van der Waals surface area contributed by atoms with Gasteiger partial charge in [0.25, 0.3) is 0 Å². The van der Waals surface area contributed by atoms with Gasteiger partial charge in [-0.05, 0) is 26.9 Å². The van der Waals surface area contributed by atoms with Gasteiger partial charge in [-0.25, -0.2) is 4.98 Å². The molecule has 0 amide bonds. The number of anilines is 1. The molecule has 0 aliphatic carbocycles. The molecule has 1 atom stereocenters. The normalized spacial score (nSPS) is 22.1. The third kappa shape index (κ3) is 3.32. The molecule has 1 saturated heterocycles. The first-order valence-corrected chi connectivity index (χ1v) is 8.30. The number of nitrogens with zero attached hydrogens (tertiary/aromatic N) is 3. The van der Waals surface area contributed by atoms with Gasteiger partial charge in [0.2, 0.25) is 0 Å². The van der Waals surface area contributed by atoms with E-state index >= 15 is 0 Å². The molecular weight excluding hydrogens is 268 g/mol. The topological polar surface area (TPSA) is 45.4 Å². The van der Waals surface area contributed by atoms with E-state index in [0.29, 0.717) is 12.6 Å². The van der Waals surface area contributed by atoms with Gasteiger partial charge in [0, 0.05) is 36.0 Å². The van der Waals surface area contributed by atoms with Gasteiger partial charge >= 0.3 is 0 Å². The van der Waals surface area contributed by atoms with Crippen LogP contribution in [-0.2, 0) is 12.0 Å². The van der Waals surface area contributed by atoms with E-state index in [0.717, 1.165) is 18.2 Å². The molecule has 0 aromatic carbocycles. The maximum atomic E-state index is 5.92. The van der Waals surface area contributed by atoms with Crippen LogP contribution in [0.3, 0.4) is 0 Å². The van der Waals surface area contributed by atoms with E-state index in [9.17, 15) is 0 Å². The largest absolute Gasteiger partial charge is 0.344 e. The average Bonchev–Trinajstić information content (AvgIpc) is 2.70. The fraction of sp³-hybridized carbons (Fsp3) is 0.800. The van der Waals surface area contributed by atoms with E-state index in [1.165, 1.54) is 23.5 Å². The molecule has 114 valence electrons. The highest BCUT2D eigenvalue weighted by Gasteiger charge is 2.27. The number of aromatic nitrogens is 1. The van der Waals surface area contributed by atoms with Crippen LogP contribution < -0.4 is 10.6 Å². The zero-order valence-corrected chi connectivity index (χ0v) is 14.3. The van der Waals surface area contributed by atoms with E-state index in [-0.39, 0.29) is 5.41 Å². The van der Waals surface area contributed by atoms with Crippen molar-refractivity contribution in [1.82, 2.24) is 9.88 Å². The second-order valence-corrected chi connectivity index (χ2v) is 7.94. The maximum Gasteiger partial charge on any atom is 0.186 e. The lowest BCUT2D eigenvalue weighted by atomic mass is 9.91. The van der Waals surface area contributed by atoms with Gasteiger partial charge in [0.05, 0.1) is 5.69 Å². The molecule has 1 aliphatic rings. The van der Waals surface area contributed by atoms with E-state index < -0.39 is 0 Å². The smallest absolute Gasteiger partial charge is 0.186 e. The third-order valence-electron chi connectivity index (χ3n) is 3.87. The van der Waals surface area contributed by atoms with Gasteiger partial charge in [-0.3, -0.25) is 0 Å². The fourth-order valence-electron chi connectivity index (χ4n) is 2.84. The molecule has 5 heteroatoms. The summed E-state index contributed by atoms with van der Waals surface area (Å²) in [5.41, 5.74) is 7.16. The fourth-order valence-corrected chi connectivity index (χ4v) is 4.12. The first kappa shape index (κ1) is 15.7. The first-order chi connectivity index (χ1) is 9.32. The number of likely N-dealkylation sites (N-methyl/N-ethyl adjacent to an activating group) is 1. The standard InChI is InChI=1S/C15H28N4S/c1-11-10-18(5)7-6-8-19(11)14-17-13(15(2,3)4)12(9-16)20-14/h11H,6-10,16H2,1-5H3. The highest BCUT2D eigenvalue weighted by atomic mass is 32.1. The molecular formula is C15H28N4S. The zero-order valence-electron chi connectivity index (χ0n) is 13.4. The van der Waals surface area contributed by atoms with Gasteiger partial charge in [-0.2, -0.15) is 0 Å². The van der Waals surface area contributed by atoms with E-state index in [2.05, 4.69) is 44.5 Å². The van der Waals surface area contributed by atoms with Gasteiger partial charge < -0.3 is 15.5 Å². The molecule has 2 N–H and O–H groups in total. The Hall–Kier alpha value is -0.650. The van der Waals surface area contributed by atoms with Crippen molar-refractivity contribution < 1.29 is 0 Å². The summed E-state index contributed by atoms with van der Waals surface area (Å²) in [4.78, 5) is 11.0. The van der Waals surface area contributed by atoms with Crippen LogP contribution in [0.5, 0.6) is 0 Å². The highest BCUT2D eigenvalue weighted by molar-refractivity contribution is 7.15. The Morgan fingerprint density at radius 3 is 2.60 bits per heavy atom. The minimum atomic E-state index is 0.0648. The van der Waals surface area contributed by atoms with Gasteiger partial charge in [0.15, 0.2) is 5.13 Å². The van der Waals surface area contributed by atoms with E-state index in [4.69, 9.17) is 10.7 Å². The van der Waals surface area contributed by atoms with Crippen LogP contribution in [0.1, 0.15) is 44.7 Å². The molecule has 1 aliphatic heterocycles. The summed E-state index contributed by atoms with van der Waals surface area (Å²) in [6, 6.07) is 0.507. The number of thiazole rings is 1. The Morgan fingerprint density at radius 1 is 1.35 bits per heavy atom. The van der Waals surface area contributed by atoms with Crippen molar-refractivity contribution in [1.29, 1.82) is 0 Å². The lowest BCUT2D eigenvalue weighted by Gasteiger charge is -2.27. The molecule has 4 nitrogen and oxygen atoms in total. The number of hydrogen-bond acceptors (Lipinski definition) is 5. The second kappa shape index (κ2) is 6.00. The van der Waals surface area contributed by atoms with Crippen LogP contribution >= 0.6 is 11.3 Å². The summed E-state index contributed by atoms with van der Waals surface area (Å²) >= 11 is 1.78. The minimum Gasteiger partial charge on any atom is -0.344 e. The second-order valence-electron chi connectivity index (χ2n) is 6.88. The lowest BCUT2D eigenvalue weighted by Crippen LogP contribution is -2.38. The third-order valence-corrected chi connectivity index (χ3v) is 4.99. The van der Waals surface area contributed by atoms with Crippen LogP contribution in [0.15, 0.2) is 0 Å². The minimum absolute atomic E-state index is 0.0648. The predicted octanol–water partition coefficient (Wildman–Crippen LogP) is 2.43. The molecule has 0 radical (unpaired) electrons. The number of hydrogen-bond donors (Lipinski definition) is 1. The Kier molecular flexibility index (Phi) is 4.72. The molecule has 0 saturated carbocycles. The molecule has 0 bridgehead atoms. The van der Waals surface area contributed by atoms with Crippen LogP contribution in [0.4, 0.5) is 5.13 Å². The number of nitrogens with two attached hydrogens (primary N) is 1. The SMILES string of the molecule is CC1CN(C)CCCN1c1nc(C(C)(C)C)c(CN)s1. The first-order valence-electron chi connectivity index (χ1n) is 7.48. The summed E-state index contributed by atoms with van der Waals surface area (Å²) in [5.74, 6) is 0. The van der Waals surface area contributed by atoms with Crippen molar-refractivity contribution in [3.8, 4) is 0 Å². The van der Waals surface area contributed by atoms with Crippen LogP contribution in [0.25, 0.3) is 0 Å². The molecule has 1 unspecified atom stereocenters. The molecule has 1 aromatic heterocycles. The summed E-state index contributed by atoms with van der Waals surface area (Å²) in [6.45, 7) is 12.9. The monoisotopic (exact) mass is 296 g/mol. The Bertz CT molecular complexity index is 449. The van der Waals surface area contributed by atoms with Crippen molar-refractivity contribution in [2.75, 3.05) is 31.6 Å². The molecule has 2 heterocycles. The Labute approximate surface area is 127 Å². The summed E-state index contributed by atoms with van der Waals surface area (Å²) < 4.78 is 0. The molecule has 2 rings (SSSR count). The Morgan fingerprint density at radius 2 is 2.05 bits per heavy atom. The zero-order chi connectivity index (χ0) is 14.9. The molecule has 1 fully saturated rings. The highest BCUT2D eigenvalue weighted by Crippen LogP contribution is 2.34. The van der Waals surface area contributed by atoms with Crippen LogP contribution in [0.2, 0.25) is 0 Å². The van der Waals surface area contributed by atoms with Crippen molar-refractivity contribution in [3.05, 3.63) is 10.6 Å². The molecule has 20 heavy (non-hydrogen) atoms. The summed E-state index contributed by atoms with van der Waals surface area (Å²) in [6.07, 6.45) is 1.20. The molecule has 0 spiro atoms. The van der Waals surface area contributed by atoms with Crippen molar-refractivity contribution in [3.63, 3.8) is 0 Å². The van der Waals surface area contributed by atoms with E-state index in [1.54, 1.807) is 11.3 Å². The summed E-state index contributed by atoms with van der Waals surface area (Å²) in [5, 5.41) is 1.15. The van der Waals surface area contributed by atoms with Crippen molar-refractivity contribution >= 4 is 16.5 Å². The van der Waals surface area contributed by atoms with Gasteiger partial charge in [-0.15, -0.1) is 11.3 Å². The van der Waals surface area contributed by atoms with Crippen LogP contribution in [-0.4, -0.2) is 42.6 Å². The van der Waals surface area contributed by atoms with Crippen molar-refractivity contribution in [2.24, 2.45) is 5.73 Å². The molecule has 1 aromatic rings.